The number of hydrogen-bond donors (Lipinski definition) is 2. The third-order valence-corrected chi connectivity index (χ3v) is 3.99. The van der Waals surface area contributed by atoms with E-state index in [1.54, 1.807) is 4.68 Å². The predicted octanol–water partition coefficient (Wildman–Crippen LogP) is 1.67. The van der Waals surface area contributed by atoms with E-state index in [0.29, 0.717) is 12.5 Å². The Hall–Kier alpha value is -2.34. The Morgan fingerprint density at radius 3 is 3.09 bits per heavy atom. The minimum absolute atomic E-state index is 0.256. The van der Waals surface area contributed by atoms with E-state index in [1.165, 1.54) is 0 Å². The molecule has 0 saturated carbocycles. The fourth-order valence-corrected chi connectivity index (χ4v) is 2.75. The van der Waals surface area contributed by atoms with E-state index in [4.69, 9.17) is 10.5 Å². The molecule has 0 aliphatic carbocycles. The molecule has 0 radical (unpaired) electrons. The summed E-state index contributed by atoms with van der Waals surface area (Å²) >= 11 is 0. The van der Waals surface area contributed by atoms with Crippen molar-refractivity contribution in [3.63, 3.8) is 0 Å². The molecule has 0 bridgehead atoms. The molecule has 1 aliphatic heterocycles. The number of aliphatic imine (C=N–C) groups is 1. The summed E-state index contributed by atoms with van der Waals surface area (Å²) in [6.45, 7) is 2.11. The summed E-state index contributed by atoms with van der Waals surface area (Å²) in [7, 11) is 1.91. The van der Waals surface area contributed by atoms with Gasteiger partial charge in [-0.15, -0.1) is 0 Å². The number of guanidine groups is 1. The minimum Gasteiger partial charge on any atom is -0.376 e. The molecule has 1 saturated heterocycles. The van der Waals surface area contributed by atoms with Gasteiger partial charge in [0.25, 0.3) is 0 Å². The molecule has 1 atom stereocenters. The second-order valence-corrected chi connectivity index (χ2v) is 5.78. The number of nitrogens with zero attached hydrogens (tertiary/aromatic N) is 3. The summed E-state index contributed by atoms with van der Waals surface area (Å²) in [5.41, 5.74) is 9.31. The minimum atomic E-state index is 0.256. The van der Waals surface area contributed by atoms with Gasteiger partial charge in [-0.3, -0.25) is 4.68 Å². The topological polar surface area (TPSA) is 77.5 Å². The Kier molecular flexibility index (Phi) is 4.92. The third-order valence-electron chi connectivity index (χ3n) is 3.99. The molecular formula is C17H23N5O. The van der Waals surface area contributed by atoms with Crippen LogP contribution in [-0.2, 0) is 18.3 Å². The van der Waals surface area contributed by atoms with Crippen LogP contribution in [0, 0.1) is 0 Å². The summed E-state index contributed by atoms with van der Waals surface area (Å²) in [6, 6.07) is 8.19. The van der Waals surface area contributed by atoms with Crippen LogP contribution in [0.25, 0.3) is 11.1 Å². The third kappa shape index (κ3) is 4.10. The normalized spacial score (nSPS) is 18.3. The molecule has 2 heterocycles. The average Bonchev–Trinajstić information content (AvgIpc) is 3.22. The first-order valence-corrected chi connectivity index (χ1v) is 7.94. The smallest absolute Gasteiger partial charge is 0.189 e. The number of nitrogens with two attached hydrogens (primary N) is 1. The number of rotatable bonds is 5. The van der Waals surface area contributed by atoms with Crippen LogP contribution in [0.2, 0.25) is 0 Å². The van der Waals surface area contributed by atoms with E-state index in [0.717, 1.165) is 42.7 Å². The molecule has 1 aromatic carbocycles. The van der Waals surface area contributed by atoms with Crippen LogP contribution in [0.1, 0.15) is 18.4 Å². The molecule has 1 unspecified atom stereocenters. The van der Waals surface area contributed by atoms with Crippen LogP contribution in [0.5, 0.6) is 0 Å². The van der Waals surface area contributed by atoms with Crippen molar-refractivity contribution in [3.8, 4) is 11.1 Å². The van der Waals surface area contributed by atoms with Crippen molar-refractivity contribution in [1.29, 1.82) is 0 Å². The zero-order chi connectivity index (χ0) is 16.1. The first-order chi connectivity index (χ1) is 11.2. The highest BCUT2D eigenvalue weighted by Crippen LogP contribution is 2.23. The number of ether oxygens (including phenoxy) is 1. The van der Waals surface area contributed by atoms with Gasteiger partial charge < -0.3 is 15.8 Å². The van der Waals surface area contributed by atoms with Crippen molar-refractivity contribution in [2.24, 2.45) is 17.8 Å². The lowest BCUT2D eigenvalue weighted by molar-refractivity contribution is 0.114. The summed E-state index contributed by atoms with van der Waals surface area (Å²) in [6.07, 6.45) is 6.33. The summed E-state index contributed by atoms with van der Waals surface area (Å²) in [4.78, 5) is 4.45. The first-order valence-electron chi connectivity index (χ1n) is 7.94. The Bertz CT molecular complexity index is 673. The van der Waals surface area contributed by atoms with Crippen LogP contribution in [-0.4, -0.2) is 35.0 Å². The first kappa shape index (κ1) is 15.6. The Labute approximate surface area is 136 Å². The van der Waals surface area contributed by atoms with E-state index in [-0.39, 0.29) is 6.10 Å². The lowest BCUT2D eigenvalue weighted by Crippen LogP contribution is -2.37. The molecular weight excluding hydrogens is 290 g/mol. The van der Waals surface area contributed by atoms with Gasteiger partial charge in [0.1, 0.15) is 0 Å². The highest BCUT2D eigenvalue weighted by atomic mass is 16.5. The zero-order valence-corrected chi connectivity index (χ0v) is 13.4. The maximum absolute atomic E-state index is 5.96. The fraction of sp³-hybridized carbons (Fsp3) is 0.412. The molecule has 1 aliphatic rings. The van der Waals surface area contributed by atoms with Gasteiger partial charge in [-0.1, -0.05) is 24.3 Å². The Morgan fingerprint density at radius 2 is 2.35 bits per heavy atom. The second kappa shape index (κ2) is 7.28. The Morgan fingerprint density at radius 1 is 1.48 bits per heavy atom. The average molecular weight is 313 g/mol. The zero-order valence-electron chi connectivity index (χ0n) is 13.4. The van der Waals surface area contributed by atoms with E-state index in [1.807, 2.05) is 31.6 Å². The number of hydrogen-bond acceptors (Lipinski definition) is 3. The van der Waals surface area contributed by atoms with Crippen molar-refractivity contribution < 1.29 is 4.74 Å². The van der Waals surface area contributed by atoms with Gasteiger partial charge in [0.05, 0.1) is 18.8 Å². The van der Waals surface area contributed by atoms with Crippen LogP contribution in [0.3, 0.4) is 0 Å². The van der Waals surface area contributed by atoms with E-state index in [2.05, 4.69) is 27.5 Å². The van der Waals surface area contributed by atoms with Gasteiger partial charge in [0, 0.05) is 32.0 Å². The molecule has 6 heteroatoms. The van der Waals surface area contributed by atoms with E-state index < -0.39 is 0 Å². The van der Waals surface area contributed by atoms with E-state index >= 15 is 0 Å². The molecule has 23 heavy (non-hydrogen) atoms. The molecule has 6 nitrogen and oxygen atoms in total. The molecule has 0 spiro atoms. The van der Waals surface area contributed by atoms with Crippen LogP contribution < -0.4 is 11.1 Å². The highest BCUT2D eigenvalue weighted by Gasteiger charge is 2.15. The van der Waals surface area contributed by atoms with Gasteiger partial charge in [-0.2, -0.15) is 5.10 Å². The lowest BCUT2D eigenvalue weighted by Gasteiger charge is -2.11. The van der Waals surface area contributed by atoms with Gasteiger partial charge >= 0.3 is 0 Å². The van der Waals surface area contributed by atoms with Crippen LogP contribution in [0.15, 0.2) is 41.7 Å². The standard InChI is InChI=1S/C17H23N5O/c1-22-12-14(10-21-22)16-7-3-2-5-13(16)9-19-17(18)20-11-15-6-4-8-23-15/h2-3,5,7,10,12,15H,4,6,8-9,11H2,1H3,(H3,18,19,20). The monoisotopic (exact) mass is 313 g/mol. The van der Waals surface area contributed by atoms with Crippen molar-refractivity contribution in [2.45, 2.75) is 25.5 Å². The molecule has 122 valence electrons. The van der Waals surface area contributed by atoms with Crippen molar-refractivity contribution in [2.75, 3.05) is 13.2 Å². The largest absolute Gasteiger partial charge is 0.376 e. The molecule has 3 rings (SSSR count). The molecule has 2 aromatic rings. The van der Waals surface area contributed by atoms with Gasteiger partial charge in [-0.05, 0) is 24.0 Å². The second-order valence-electron chi connectivity index (χ2n) is 5.78. The van der Waals surface area contributed by atoms with Crippen LogP contribution in [0.4, 0.5) is 0 Å². The number of benzene rings is 1. The molecule has 1 aromatic heterocycles. The van der Waals surface area contributed by atoms with Crippen molar-refractivity contribution in [1.82, 2.24) is 15.1 Å². The summed E-state index contributed by atoms with van der Waals surface area (Å²) < 4.78 is 7.36. The molecule has 3 N–H and O–H groups in total. The highest BCUT2D eigenvalue weighted by molar-refractivity contribution is 5.78. The van der Waals surface area contributed by atoms with Gasteiger partial charge in [-0.25, -0.2) is 4.99 Å². The van der Waals surface area contributed by atoms with Gasteiger partial charge in [0.15, 0.2) is 5.96 Å². The van der Waals surface area contributed by atoms with Crippen molar-refractivity contribution in [3.05, 3.63) is 42.2 Å². The lowest BCUT2D eigenvalue weighted by atomic mass is 10.0. The molecule has 0 amide bonds. The predicted molar refractivity (Wildman–Crippen MR) is 90.9 cm³/mol. The SMILES string of the molecule is Cn1cc(-c2ccccc2CN=C(N)NCC2CCCO2)cn1. The fourth-order valence-electron chi connectivity index (χ4n) is 2.75. The van der Waals surface area contributed by atoms with E-state index in [9.17, 15) is 0 Å². The van der Waals surface area contributed by atoms with Crippen molar-refractivity contribution >= 4 is 5.96 Å². The number of aryl methyl sites for hydroxylation is 1. The maximum Gasteiger partial charge on any atom is 0.189 e. The Balaban J connectivity index is 1.64. The number of nitrogens with one attached hydrogen (secondary N) is 1. The number of aromatic nitrogens is 2. The quantitative estimate of drug-likeness (QED) is 0.650. The van der Waals surface area contributed by atoms with Crippen LogP contribution >= 0.6 is 0 Å². The summed E-state index contributed by atoms with van der Waals surface area (Å²) in [5.74, 6) is 0.460. The maximum atomic E-state index is 5.96. The summed E-state index contributed by atoms with van der Waals surface area (Å²) in [5, 5.41) is 7.38. The molecule has 1 fully saturated rings. The van der Waals surface area contributed by atoms with Gasteiger partial charge in [0.2, 0.25) is 0 Å².